The zero-order valence-corrected chi connectivity index (χ0v) is 10.3. The number of hydrogen-bond donors (Lipinski definition) is 1. The zero-order chi connectivity index (χ0) is 11.4. The van der Waals surface area contributed by atoms with E-state index in [-0.39, 0.29) is 0 Å². The van der Waals surface area contributed by atoms with Crippen LogP contribution in [0, 0.1) is 6.92 Å². The summed E-state index contributed by atoms with van der Waals surface area (Å²) in [6.45, 7) is 7.97. The topological polar surface area (TPSA) is 42.2 Å². The Kier molecular flexibility index (Phi) is 4.03. The molecule has 0 radical (unpaired) electrons. The summed E-state index contributed by atoms with van der Waals surface area (Å²) in [6.07, 6.45) is 0. The summed E-state index contributed by atoms with van der Waals surface area (Å²) in [5.74, 6) is 0.896. The fourth-order valence-electron chi connectivity index (χ4n) is 1.50. The molecule has 0 saturated heterocycles. The van der Waals surface area contributed by atoms with Gasteiger partial charge in [-0.25, -0.2) is 4.98 Å². The van der Waals surface area contributed by atoms with Crippen LogP contribution in [0.25, 0.3) is 0 Å². The minimum Gasteiger partial charge on any atom is -0.389 e. The number of aryl methyl sites for hydroxylation is 1. The second-order valence-corrected chi connectivity index (χ2v) is 3.80. The van der Waals surface area contributed by atoms with Crippen molar-refractivity contribution in [1.29, 1.82) is 0 Å². The van der Waals surface area contributed by atoms with Crippen LogP contribution in [0.1, 0.15) is 25.1 Å². The van der Waals surface area contributed by atoms with Gasteiger partial charge in [-0.15, -0.1) is 0 Å². The van der Waals surface area contributed by atoms with Crippen molar-refractivity contribution >= 4 is 23.0 Å². The molecule has 1 aromatic heterocycles. The first-order chi connectivity index (χ1) is 7.10. The first-order valence-corrected chi connectivity index (χ1v) is 5.53. The Morgan fingerprint density at radius 1 is 1.40 bits per heavy atom. The van der Waals surface area contributed by atoms with Crippen LogP contribution in [0.15, 0.2) is 12.1 Å². The molecule has 2 N–H and O–H groups in total. The highest BCUT2D eigenvalue weighted by Crippen LogP contribution is 2.18. The molecule has 0 aliphatic heterocycles. The number of anilines is 1. The van der Waals surface area contributed by atoms with Crippen LogP contribution < -0.4 is 10.6 Å². The molecule has 0 aliphatic rings. The van der Waals surface area contributed by atoms with Crippen molar-refractivity contribution in [1.82, 2.24) is 4.98 Å². The second kappa shape index (κ2) is 5.07. The third-order valence-corrected chi connectivity index (χ3v) is 2.56. The molecule has 0 fully saturated rings. The van der Waals surface area contributed by atoms with Gasteiger partial charge in [0.2, 0.25) is 0 Å². The van der Waals surface area contributed by atoms with Crippen LogP contribution in [0.3, 0.4) is 0 Å². The Labute approximate surface area is 96.3 Å². The van der Waals surface area contributed by atoms with E-state index in [2.05, 4.69) is 23.7 Å². The maximum atomic E-state index is 5.68. The summed E-state index contributed by atoms with van der Waals surface area (Å²) in [4.78, 5) is 7.06. The first kappa shape index (κ1) is 11.9. The van der Waals surface area contributed by atoms with E-state index in [0.29, 0.717) is 4.99 Å². The molecule has 0 unspecified atom stereocenters. The fourth-order valence-corrected chi connectivity index (χ4v) is 1.66. The zero-order valence-electron chi connectivity index (χ0n) is 9.45. The number of nitrogens with two attached hydrogens (primary N) is 1. The number of hydrogen-bond acceptors (Lipinski definition) is 3. The van der Waals surface area contributed by atoms with Gasteiger partial charge >= 0.3 is 0 Å². The number of nitrogens with zero attached hydrogens (tertiary/aromatic N) is 2. The van der Waals surface area contributed by atoms with E-state index in [1.807, 2.05) is 19.1 Å². The Bertz CT molecular complexity index is 359. The summed E-state index contributed by atoms with van der Waals surface area (Å²) in [5, 5.41) is 0. The molecule has 15 heavy (non-hydrogen) atoms. The molecule has 0 spiro atoms. The molecule has 4 heteroatoms. The van der Waals surface area contributed by atoms with Crippen LogP contribution in [0.5, 0.6) is 0 Å². The predicted molar refractivity (Wildman–Crippen MR) is 68.4 cm³/mol. The van der Waals surface area contributed by atoms with Crippen molar-refractivity contribution in [3.63, 3.8) is 0 Å². The molecular weight excluding hydrogens is 206 g/mol. The first-order valence-electron chi connectivity index (χ1n) is 5.12. The smallest absolute Gasteiger partial charge is 0.139 e. The van der Waals surface area contributed by atoms with Gasteiger partial charge < -0.3 is 10.6 Å². The van der Waals surface area contributed by atoms with E-state index >= 15 is 0 Å². The second-order valence-electron chi connectivity index (χ2n) is 3.36. The van der Waals surface area contributed by atoms with Gasteiger partial charge in [0.15, 0.2) is 0 Å². The van der Waals surface area contributed by atoms with Gasteiger partial charge in [-0.2, -0.15) is 0 Å². The van der Waals surface area contributed by atoms with Crippen molar-refractivity contribution in [3.8, 4) is 0 Å². The lowest BCUT2D eigenvalue weighted by Gasteiger charge is -2.22. The lowest BCUT2D eigenvalue weighted by Crippen LogP contribution is -2.27. The average Bonchev–Trinajstić information content (AvgIpc) is 2.19. The van der Waals surface area contributed by atoms with Crippen LogP contribution in [0.2, 0.25) is 0 Å². The van der Waals surface area contributed by atoms with Gasteiger partial charge in [0.1, 0.15) is 10.8 Å². The number of thiocarbonyl (C=S) groups is 1. The molecule has 0 amide bonds. The Morgan fingerprint density at radius 3 is 2.47 bits per heavy atom. The third kappa shape index (κ3) is 2.65. The van der Waals surface area contributed by atoms with Crippen molar-refractivity contribution in [2.75, 3.05) is 18.0 Å². The quantitative estimate of drug-likeness (QED) is 0.791. The van der Waals surface area contributed by atoms with Gasteiger partial charge in [0, 0.05) is 18.8 Å². The van der Waals surface area contributed by atoms with Gasteiger partial charge in [0.05, 0.1) is 5.56 Å². The minimum atomic E-state index is 0.407. The lowest BCUT2D eigenvalue weighted by molar-refractivity contribution is 0.841. The summed E-state index contributed by atoms with van der Waals surface area (Å²) in [5.41, 5.74) is 7.52. The van der Waals surface area contributed by atoms with E-state index in [0.717, 1.165) is 30.2 Å². The van der Waals surface area contributed by atoms with E-state index in [1.54, 1.807) is 0 Å². The van der Waals surface area contributed by atoms with E-state index in [1.165, 1.54) is 0 Å². The largest absolute Gasteiger partial charge is 0.389 e. The normalized spacial score (nSPS) is 10.1. The lowest BCUT2D eigenvalue weighted by atomic mass is 10.2. The summed E-state index contributed by atoms with van der Waals surface area (Å²) >= 11 is 5.02. The van der Waals surface area contributed by atoms with Crippen molar-refractivity contribution in [2.45, 2.75) is 20.8 Å². The van der Waals surface area contributed by atoms with Crippen LogP contribution in [-0.4, -0.2) is 23.1 Å². The van der Waals surface area contributed by atoms with Gasteiger partial charge in [-0.3, -0.25) is 0 Å². The molecule has 0 aromatic carbocycles. The highest BCUT2D eigenvalue weighted by Gasteiger charge is 2.11. The Morgan fingerprint density at radius 2 is 2.00 bits per heavy atom. The molecular formula is C11H17N3S. The maximum Gasteiger partial charge on any atom is 0.139 e. The fraction of sp³-hybridized carbons (Fsp3) is 0.455. The third-order valence-electron chi connectivity index (χ3n) is 2.34. The maximum absolute atomic E-state index is 5.68. The number of aromatic nitrogens is 1. The van der Waals surface area contributed by atoms with Crippen LogP contribution in [0.4, 0.5) is 5.82 Å². The van der Waals surface area contributed by atoms with Crippen LogP contribution in [-0.2, 0) is 0 Å². The number of rotatable bonds is 4. The average molecular weight is 223 g/mol. The molecule has 0 aliphatic carbocycles. The molecule has 1 rings (SSSR count). The molecule has 82 valence electrons. The Balaban J connectivity index is 3.22. The Hall–Kier alpha value is -1.16. The van der Waals surface area contributed by atoms with E-state index in [4.69, 9.17) is 18.0 Å². The standard InChI is InChI=1S/C11H17N3S/c1-4-14(5-2)11-9(10(12)15)7-6-8(3)13-11/h6-7H,4-5H2,1-3H3,(H2,12,15). The van der Waals surface area contributed by atoms with Crippen LogP contribution >= 0.6 is 12.2 Å². The monoisotopic (exact) mass is 223 g/mol. The highest BCUT2D eigenvalue weighted by molar-refractivity contribution is 7.80. The van der Waals surface area contributed by atoms with Gasteiger partial charge in [-0.1, -0.05) is 12.2 Å². The van der Waals surface area contributed by atoms with Gasteiger partial charge in [-0.05, 0) is 32.9 Å². The summed E-state index contributed by atoms with van der Waals surface area (Å²) in [7, 11) is 0. The summed E-state index contributed by atoms with van der Waals surface area (Å²) in [6, 6.07) is 3.87. The minimum absolute atomic E-state index is 0.407. The van der Waals surface area contributed by atoms with Crippen molar-refractivity contribution in [3.05, 3.63) is 23.4 Å². The molecule has 3 nitrogen and oxygen atoms in total. The predicted octanol–water partition coefficient (Wildman–Crippen LogP) is 1.87. The SMILES string of the molecule is CCN(CC)c1nc(C)ccc1C(N)=S. The van der Waals surface area contributed by atoms with E-state index in [9.17, 15) is 0 Å². The van der Waals surface area contributed by atoms with Crippen molar-refractivity contribution < 1.29 is 0 Å². The molecule has 0 atom stereocenters. The molecule has 1 aromatic rings. The molecule has 1 heterocycles. The molecule has 0 bridgehead atoms. The number of pyridine rings is 1. The van der Waals surface area contributed by atoms with Gasteiger partial charge in [0.25, 0.3) is 0 Å². The van der Waals surface area contributed by atoms with E-state index < -0.39 is 0 Å². The molecule has 0 saturated carbocycles. The summed E-state index contributed by atoms with van der Waals surface area (Å²) < 4.78 is 0. The highest BCUT2D eigenvalue weighted by atomic mass is 32.1. The van der Waals surface area contributed by atoms with Crippen molar-refractivity contribution in [2.24, 2.45) is 5.73 Å².